The van der Waals surface area contributed by atoms with E-state index in [1.807, 2.05) is 6.26 Å². The third-order valence-electron chi connectivity index (χ3n) is 6.39. The van der Waals surface area contributed by atoms with Crippen LogP contribution in [-0.4, -0.2) is 60.5 Å². The monoisotopic (exact) mass is 525 g/mol. The first kappa shape index (κ1) is 25.8. The highest BCUT2D eigenvalue weighted by Gasteiger charge is 2.38. The number of halogens is 2. The molecule has 0 aliphatic heterocycles. The Bertz CT molecular complexity index is 1100. The Morgan fingerprint density at radius 3 is 2.40 bits per heavy atom. The average molecular weight is 526 g/mol. The van der Waals surface area contributed by atoms with Gasteiger partial charge in [-0.15, -0.1) is 0 Å². The first-order chi connectivity index (χ1) is 16.8. The number of anilines is 1. The number of sulfone groups is 1. The van der Waals surface area contributed by atoms with Crippen LogP contribution < -0.4 is 10.1 Å². The minimum Gasteiger partial charge on any atom is -0.476 e. The van der Waals surface area contributed by atoms with E-state index in [4.69, 9.17) is 4.74 Å². The van der Waals surface area contributed by atoms with Crippen LogP contribution in [0.15, 0.2) is 41.6 Å². The van der Waals surface area contributed by atoms with Crippen LogP contribution in [0.4, 0.5) is 14.6 Å². The summed E-state index contributed by atoms with van der Waals surface area (Å²) in [5, 5.41) is 2.39. The lowest BCUT2D eigenvalue weighted by molar-refractivity contribution is -0.118. The molecule has 2 unspecified atom stereocenters. The molecule has 0 spiro atoms. The molecule has 2 saturated carbocycles. The molecule has 7 nitrogen and oxygen atoms in total. The molecule has 0 saturated heterocycles. The van der Waals surface area contributed by atoms with Crippen molar-refractivity contribution in [3.05, 3.63) is 42.2 Å². The molecule has 0 radical (unpaired) electrons. The third-order valence-corrected chi connectivity index (χ3v) is 9.24. The Morgan fingerprint density at radius 1 is 1.14 bits per heavy atom. The van der Waals surface area contributed by atoms with Gasteiger partial charge in [-0.25, -0.2) is 27.2 Å². The lowest BCUT2D eigenvalue weighted by Crippen LogP contribution is -2.24. The van der Waals surface area contributed by atoms with Gasteiger partial charge in [-0.3, -0.25) is 4.79 Å². The molecule has 2 fully saturated rings. The first-order valence-electron chi connectivity index (χ1n) is 11.6. The molecular weight excluding hydrogens is 496 g/mol. The number of amides is 1. The maximum Gasteiger partial charge on any atom is 0.233 e. The number of aromatic nitrogens is 2. The van der Waals surface area contributed by atoms with E-state index >= 15 is 0 Å². The topological polar surface area (TPSA) is 98.2 Å². The van der Waals surface area contributed by atoms with Gasteiger partial charge in [0.1, 0.15) is 12.3 Å². The minimum absolute atomic E-state index is 0.0565. The summed E-state index contributed by atoms with van der Waals surface area (Å²) in [5.74, 6) is -0.0500. The summed E-state index contributed by atoms with van der Waals surface area (Å²) < 4.78 is 58.1. The zero-order valence-corrected chi connectivity index (χ0v) is 21.0. The van der Waals surface area contributed by atoms with Crippen molar-refractivity contribution in [3.63, 3.8) is 0 Å². The van der Waals surface area contributed by atoms with E-state index in [0.717, 1.165) is 5.75 Å². The second-order valence-corrected chi connectivity index (χ2v) is 12.3. The maximum atomic E-state index is 13.8. The quantitative estimate of drug-likeness (QED) is 0.436. The number of carbonyl (C=O) groups excluding carboxylic acids is 1. The summed E-state index contributed by atoms with van der Waals surface area (Å²) in [6.07, 6.45) is 3.39. The van der Waals surface area contributed by atoms with Crippen molar-refractivity contribution in [2.45, 2.75) is 60.5 Å². The summed E-state index contributed by atoms with van der Waals surface area (Å²) in [4.78, 5) is 21.8. The zero-order valence-electron chi connectivity index (χ0n) is 19.4. The number of nitrogens with zero attached hydrogens (tertiary/aromatic N) is 2. The second kappa shape index (κ2) is 11.2. The molecule has 35 heavy (non-hydrogen) atoms. The fraction of sp³-hybridized carbons (Fsp3) is 0.542. The number of thioether (sulfide) groups is 1. The van der Waals surface area contributed by atoms with Gasteiger partial charge < -0.3 is 10.1 Å². The normalized spacial score (nSPS) is 23.1. The smallest absolute Gasteiger partial charge is 0.233 e. The van der Waals surface area contributed by atoms with E-state index in [1.165, 1.54) is 24.5 Å². The molecule has 3 atom stereocenters. The highest BCUT2D eigenvalue weighted by atomic mass is 32.2. The maximum absolute atomic E-state index is 13.8. The van der Waals surface area contributed by atoms with Crippen molar-refractivity contribution in [2.24, 2.45) is 5.92 Å². The molecule has 190 valence electrons. The average Bonchev–Trinajstić information content (AvgIpc) is 3.65. The summed E-state index contributed by atoms with van der Waals surface area (Å²) in [5.41, 5.74) is 0.583. The van der Waals surface area contributed by atoms with Gasteiger partial charge in [0.15, 0.2) is 15.7 Å². The lowest BCUT2D eigenvalue weighted by Gasteiger charge is -2.20. The summed E-state index contributed by atoms with van der Waals surface area (Å²) >= 11 is 1.64. The number of hydrogen-bond acceptors (Lipinski definition) is 7. The van der Waals surface area contributed by atoms with E-state index in [-0.39, 0.29) is 41.1 Å². The van der Waals surface area contributed by atoms with Crippen molar-refractivity contribution in [1.82, 2.24) is 9.97 Å². The molecule has 1 aromatic carbocycles. The molecule has 1 N–H and O–H groups in total. The Labute approximate surface area is 208 Å². The van der Waals surface area contributed by atoms with E-state index in [2.05, 4.69) is 15.3 Å². The predicted octanol–water partition coefficient (Wildman–Crippen LogP) is 4.35. The van der Waals surface area contributed by atoms with Crippen LogP contribution in [0.25, 0.3) is 0 Å². The number of benzene rings is 1. The number of ether oxygens (including phenoxy) is 1. The van der Waals surface area contributed by atoms with E-state index in [1.54, 1.807) is 23.9 Å². The fourth-order valence-electron chi connectivity index (χ4n) is 4.31. The van der Waals surface area contributed by atoms with Crippen LogP contribution in [0.5, 0.6) is 5.88 Å². The Balaban J connectivity index is 1.49. The molecule has 2 aromatic rings. The number of hydrogen-bond donors (Lipinski definition) is 1. The number of alkyl halides is 2. The number of nitrogens with one attached hydrogen (secondary N) is 1. The largest absolute Gasteiger partial charge is 0.476 e. The van der Waals surface area contributed by atoms with Crippen LogP contribution in [0, 0.1) is 5.92 Å². The van der Waals surface area contributed by atoms with Crippen molar-refractivity contribution in [3.8, 4) is 5.88 Å². The van der Waals surface area contributed by atoms with Gasteiger partial charge in [0.05, 0.1) is 35.1 Å². The van der Waals surface area contributed by atoms with Gasteiger partial charge in [0.2, 0.25) is 11.8 Å². The predicted molar refractivity (Wildman–Crippen MR) is 131 cm³/mol. The highest BCUT2D eigenvalue weighted by molar-refractivity contribution is 7.98. The van der Waals surface area contributed by atoms with Crippen LogP contribution in [0.3, 0.4) is 0 Å². The molecule has 0 bridgehead atoms. The van der Waals surface area contributed by atoms with Gasteiger partial charge in [-0.05, 0) is 62.0 Å². The molecule has 2 aliphatic rings. The Morgan fingerprint density at radius 2 is 1.83 bits per heavy atom. The highest BCUT2D eigenvalue weighted by Crippen LogP contribution is 2.39. The summed E-state index contributed by atoms with van der Waals surface area (Å²) in [7, 11) is -3.36. The summed E-state index contributed by atoms with van der Waals surface area (Å²) in [6, 6.07) is 6.24. The molecule has 4 rings (SSSR count). The SMILES string of the molecule is CSCCOc1cnc(NC(=O)[C@H](CC2CC(F)C(F)C2)c2ccc(S(=O)(=O)C3CC3)cc2)cn1. The number of rotatable bonds is 11. The standard InChI is InChI=1S/C24H29F2N3O4S2/c1-34-9-8-33-23-14-27-22(13-28-23)29-24(30)19(10-15-11-20(25)21(26)12-15)16-2-4-17(5-3-16)35(31,32)18-6-7-18/h2-5,13-15,18-21H,6-12H2,1H3,(H,27,29,30)/t15?,19-,20?,21?/m1/s1. The molecule has 1 aromatic heterocycles. The molecular formula is C24H29F2N3O4S2. The first-order valence-corrected chi connectivity index (χ1v) is 14.6. The fourth-order valence-corrected chi connectivity index (χ4v) is 6.21. The van der Waals surface area contributed by atoms with Crippen molar-refractivity contribution < 1.29 is 26.7 Å². The molecule has 11 heteroatoms. The van der Waals surface area contributed by atoms with Crippen LogP contribution in [0.2, 0.25) is 0 Å². The van der Waals surface area contributed by atoms with Crippen molar-refractivity contribution in [2.75, 3.05) is 23.9 Å². The van der Waals surface area contributed by atoms with Gasteiger partial charge >= 0.3 is 0 Å². The van der Waals surface area contributed by atoms with Crippen LogP contribution >= 0.6 is 11.8 Å². The van der Waals surface area contributed by atoms with Gasteiger partial charge in [-0.2, -0.15) is 11.8 Å². The second-order valence-electron chi connectivity index (χ2n) is 9.04. The van der Waals surface area contributed by atoms with Gasteiger partial charge in [0.25, 0.3) is 0 Å². The minimum atomic E-state index is -3.36. The molecule has 1 heterocycles. The number of carbonyl (C=O) groups is 1. The van der Waals surface area contributed by atoms with Crippen LogP contribution in [0.1, 0.15) is 43.6 Å². The van der Waals surface area contributed by atoms with E-state index in [9.17, 15) is 22.0 Å². The molecule has 2 aliphatic carbocycles. The third kappa shape index (κ3) is 6.49. The lowest BCUT2D eigenvalue weighted by atomic mass is 9.87. The van der Waals surface area contributed by atoms with E-state index < -0.39 is 34.0 Å². The molecule has 1 amide bonds. The Hall–Kier alpha value is -2.27. The van der Waals surface area contributed by atoms with Gasteiger partial charge in [-0.1, -0.05) is 12.1 Å². The summed E-state index contributed by atoms with van der Waals surface area (Å²) in [6.45, 7) is 0.489. The Kier molecular flexibility index (Phi) is 8.26. The van der Waals surface area contributed by atoms with E-state index in [0.29, 0.717) is 30.9 Å². The van der Waals surface area contributed by atoms with Gasteiger partial charge in [0, 0.05) is 5.75 Å². The van der Waals surface area contributed by atoms with Crippen LogP contribution in [-0.2, 0) is 14.6 Å². The van der Waals surface area contributed by atoms with Crippen molar-refractivity contribution >= 4 is 33.3 Å². The van der Waals surface area contributed by atoms with Crippen molar-refractivity contribution in [1.29, 1.82) is 0 Å². The zero-order chi connectivity index (χ0) is 25.0.